The van der Waals surface area contributed by atoms with E-state index in [1.807, 2.05) is 18.4 Å². The van der Waals surface area contributed by atoms with Crippen molar-refractivity contribution >= 4 is 23.1 Å². The van der Waals surface area contributed by atoms with Crippen LogP contribution < -0.4 is 5.32 Å². The maximum Gasteiger partial charge on any atom is 0.358 e. The van der Waals surface area contributed by atoms with Crippen LogP contribution in [0.3, 0.4) is 0 Å². The van der Waals surface area contributed by atoms with Crippen molar-refractivity contribution in [2.75, 3.05) is 12.4 Å². The third-order valence-electron chi connectivity index (χ3n) is 2.38. The zero-order chi connectivity index (χ0) is 13.0. The van der Waals surface area contributed by atoms with E-state index in [1.165, 1.54) is 24.4 Å². The lowest BCUT2D eigenvalue weighted by atomic mass is 10.3. The van der Waals surface area contributed by atoms with E-state index < -0.39 is 5.97 Å². The van der Waals surface area contributed by atoms with Gasteiger partial charge in [0.05, 0.1) is 25.5 Å². The van der Waals surface area contributed by atoms with Crippen molar-refractivity contribution < 1.29 is 9.53 Å². The molecule has 0 bridgehead atoms. The maximum absolute atomic E-state index is 11.2. The van der Waals surface area contributed by atoms with Crippen molar-refractivity contribution in [1.82, 2.24) is 9.97 Å². The summed E-state index contributed by atoms with van der Waals surface area (Å²) in [5, 5.41) is 5.24. The van der Waals surface area contributed by atoms with Crippen LogP contribution in [0.1, 0.15) is 28.3 Å². The first-order valence-electron chi connectivity index (χ1n) is 5.41. The Hall–Kier alpha value is -1.95. The van der Waals surface area contributed by atoms with Crippen molar-refractivity contribution in [3.63, 3.8) is 0 Å². The second kappa shape index (κ2) is 5.59. The molecule has 0 fully saturated rings. The first kappa shape index (κ1) is 12.5. The Kier molecular flexibility index (Phi) is 3.88. The number of anilines is 1. The average molecular weight is 263 g/mol. The molecule has 94 valence electrons. The molecule has 1 unspecified atom stereocenters. The van der Waals surface area contributed by atoms with E-state index in [4.69, 9.17) is 0 Å². The average Bonchev–Trinajstić information content (AvgIpc) is 2.92. The molecule has 0 aliphatic carbocycles. The van der Waals surface area contributed by atoms with Gasteiger partial charge in [-0.25, -0.2) is 14.8 Å². The molecule has 0 aliphatic rings. The second-order valence-corrected chi connectivity index (χ2v) is 4.64. The van der Waals surface area contributed by atoms with Crippen LogP contribution in [-0.4, -0.2) is 23.0 Å². The zero-order valence-electron chi connectivity index (χ0n) is 10.1. The molecule has 18 heavy (non-hydrogen) atoms. The number of esters is 1. The van der Waals surface area contributed by atoms with Gasteiger partial charge in [-0.1, -0.05) is 6.07 Å². The van der Waals surface area contributed by atoms with E-state index in [0.29, 0.717) is 5.82 Å². The van der Waals surface area contributed by atoms with E-state index in [-0.39, 0.29) is 11.7 Å². The normalized spacial score (nSPS) is 11.9. The topological polar surface area (TPSA) is 64.1 Å². The Bertz CT molecular complexity index is 511. The Morgan fingerprint density at radius 3 is 2.83 bits per heavy atom. The zero-order valence-corrected chi connectivity index (χ0v) is 10.9. The van der Waals surface area contributed by atoms with Gasteiger partial charge in [0.1, 0.15) is 5.82 Å². The van der Waals surface area contributed by atoms with Gasteiger partial charge in [0.25, 0.3) is 0 Å². The summed E-state index contributed by atoms with van der Waals surface area (Å²) in [5.41, 5.74) is 0.201. The SMILES string of the molecule is COC(=O)c1cnc(NC(C)c2cccs2)cn1. The van der Waals surface area contributed by atoms with Crippen LogP contribution in [0.15, 0.2) is 29.9 Å². The number of aromatic nitrogens is 2. The number of hydrogen-bond donors (Lipinski definition) is 1. The molecule has 2 rings (SSSR count). The van der Waals surface area contributed by atoms with Gasteiger partial charge in [-0.05, 0) is 18.4 Å². The summed E-state index contributed by atoms with van der Waals surface area (Å²) in [5.74, 6) is 0.143. The first-order valence-corrected chi connectivity index (χ1v) is 6.29. The smallest absolute Gasteiger partial charge is 0.358 e. The lowest BCUT2D eigenvalue weighted by Crippen LogP contribution is -2.09. The van der Waals surface area contributed by atoms with Crippen molar-refractivity contribution in [2.45, 2.75) is 13.0 Å². The van der Waals surface area contributed by atoms with Crippen LogP contribution >= 0.6 is 11.3 Å². The fourth-order valence-corrected chi connectivity index (χ4v) is 2.18. The third kappa shape index (κ3) is 2.84. The summed E-state index contributed by atoms with van der Waals surface area (Å²) >= 11 is 1.68. The van der Waals surface area contributed by atoms with Gasteiger partial charge in [0.2, 0.25) is 0 Å². The van der Waals surface area contributed by atoms with Gasteiger partial charge in [-0.15, -0.1) is 11.3 Å². The lowest BCUT2D eigenvalue weighted by molar-refractivity contribution is 0.0593. The highest BCUT2D eigenvalue weighted by atomic mass is 32.1. The molecule has 5 nitrogen and oxygen atoms in total. The number of nitrogens with one attached hydrogen (secondary N) is 1. The first-order chi connectivity index (χ1) is 8.70. The van der Waals surface area contributed by atoms with Crippen LogP contribution in [0.25, 0.3) is 0 Å². The van der Waals surface area contributed by atoms with Crippen molar-refractivity contribution in [3.8, 4) is 0 Å². The summed E-state index contributed by atoms with van der Waals surface area (Å²) in [6.07, 6.45) is 2.92. The quantitative estimate of drug-likeness (QED) is 0.859. The maximum atomic E-state index is 11.2. The molecule has 0 radical (unpaired) electrons. The molecule has 0 saturated heterocycles. The molecular weight excluding hydrogens is 250 g/mol. The molecule has 0 amide bonds. The highest BCUT2D eigenvalue weighted by Gasteiger charge is 2.10. The summed E-state index contributed by atoms with van der Waals surface area (Å²) in [6, 6.07) is 4.21. The lowest BCUT2D eigenvalue weighted by Gasteiger charge is -2.12. The van der Waals surface area contributed by atoms with Gasteiger partial charge in [-0.3, -0.25) is 0 Å². The van der Waals surface area contributed by atoms with E-state index in [0.717, 1.165) is 0 Å². The Morgan fingerprint density at radius 1 is 1.44 bits per heavy atom. The van der Waals surface area contributed by atoms with Crippen LogP contribution in [0.4, 0.5) is 5.82 Å². The minimum Gasteiger partial charge on any atom is -0.464 e. The largest absolute Gasteiger partial charge is 0.464 e. The van der Waals surface area contributed by atoms with Crippen molar-refractivity contribution in [1.29, 1.82) is 0 Å². The number of carbonyl (C=O) groups is 1. The summed E-state index contributed by atoms with van der Waals surface area (Å²) in [4.78, 5) is 20.5. The van der Waals surface area contributed by atoms with Gasteiger partial charge in [0, 0.05) is 4.88 Å². The fraction of sp³-hybridized carbons (Fsp3) is 0.250. The van der Waals surface area contributed by atoms with Crippen molar-refractivity contribution in [2.24, 2.45) is 0 Å². The van der Waals surface area contributed by atoms with Gasteiger partial charge in [-0.2, -0.15) is 0 Å². The molecular formula is C12H13N3O2S. The number of thiophene rings is 1. The van der Waals surface area contributed by atoms with Crippen LogP contribution in [0.2, 0.25) is 0 Å². The standard InChI is InChI=1S/C12H13N3O2S/c1-8(10-4-3-5-18-10)15-11-7-13-9(6-14-11)12(16)17-2/h3-8H,1-2H3,(H,14,15). The Morgan fingerprint density at radius 2 is 2.28 bits per heavy atom. The highest BCUT2D eigenvalue weighted by Crippen LogP contribution is 2.21. The molecule has 0 saturated carbocycles. The Balaban J connectivity index is 2.04. The molecule has 6 heteroatoms. The predicted molar refractivity (Wildman–Crippen MR) is 69.7 cm³/mol. The molecule has 1 N–H and O–H groups in total. The minimum absolute atomic E-state index is 0.156. The molecule has 2 aromatic heterocycles. The van der Waals surface area contributed by atoms with Gasteiger partial charge >= 0.3 is 5.97 Å². The molecule has 0 aliphatic heterocycles. The summed E-state index contributed by atoms with van der Waals surface area (Å²) in [6.45, 7) is 2.04. The minimum atomic E-state index is -0.486. The molecule has 0 aromatic carbocycles. The molecule has 2 aromatic rings. The highest BCUT2D eigenvalue weighted by molar-refractivity contribution is 7.10. The van der Waals surface area contributed by atoms with E-state index in [1.54, 1.807) is 11.3 Å². The Labute approximate surface area is 109 Å². The number of hydrogen-bond acceptors (Lipinski definition) is 6. The summed E-state index contributed by atoms with van der Waals surface area (Å²) in [7, 11) is 1.31. The van der Waals surface area contributed by atoms with Gasteiger partial charge in [0.15, 0.2) is 5.69 Å². The number of nitrogens with zero attached hydrogens (tertiary/aromatic N) is 2. The van der Waals surface area contributed by atoms with E-state index >= 15 is 0 Å². The van der Waals surface area contributed by atoms with Crippen LogP contribution in [0, 0.1) is 0 Å². The number of methoxy groups -OCH3 is 1. The van der Waals surface area contributed by atoms with Crippen LogP contribution in [0.5, 0.6) is 0 Å². The van der Waals surface area contributed by atoms with Crippen LogP contribution in [-0.2, 0) is 4.74 Å². The van der Waals surface area contributed by atoms with E-state index in [2.05, 4.69) is 26.1 Å². The third-order valence-corrected chi connectivity index (χ3v) is 3.44. The van der Waals surface area contributed by atoms with E-state index in [9.17, 15) is 4.79 Å². The van der Waals surface area contributed by atoms with Gasteiger partial charge < -0.3 is 10.1 Å². The number of carbonyl (C=O) groups excluding carboxylic acids is 1. The number of ether oxygens (including phenoxy) is 1. The molecule has 1 atom stereocenters. The monoisotopic (exact) mass is 263 g/mol. The molecule has 2 heterocycles. The van der Waals surface area contributed by atoms with Crippen molar-refractivity contribution in [3.05, 3.63) is 40.5 Å². The predicted octanol–water partition coefficient (Wildman–Crippen LogP) is 2.50. The fourth-order valence-electron chi connectivity index (χ4n) is 1.44. The number of rotatable bonds is 4. The second-order valence-electron chi connectivity index (χ2n) is 3.66. The summed E-state index contributed by atoms with van der Waals surface area (Å²) < 4.78 is 4.56. The molecule has 0 spiro atoms.